The van der Waals surface area contributed by atoms with E-state index >= 15 is 0 Å². The first-order valence-corrected chi connectivity index (χ1v) is 8.52. The minimum atomic E-state index is 0.620. The topological polar surface area (TPSA) is 57.4 Å². The highest BCUT2D eigenvalue weighted by Gasteiger charge is 2.26. The Morgan fingerprint density at radius 2 is 1.45 bits per heavy atom. The average Bonchev–Trinajstić information content (AvgIpc) is 3.14. The van der Waals surface area contributed by atoms with Crippen LogP contribution in [0.5, 0.6) is 0 Å². The molecule has 0 bridgehead atoms. The van der Waals surface area contributed by atoms with Crippen LogP contribution in [0.25, 0.3) is 0 Å². The summed E-state index contributed by atoms with van der Waals surface area (Å²) < 4.78 is 0. The summed E-state index contributed by atoms with van der Waals surface area (Å²) in [5.41, 5.74) is 0. The Morgan fingerprint density at radius 3 is 1.91 bits per heavy atom. The van der Waals surface area contributed by atoms with Crippen LogP contribution in [-0.2, 0) is 12.8 Å². The van der Waals surface area contributed by atoms with Crippen molar-refractivity contribution in [1.29, 1.82) is 0 Å². The van der Waals surface area contributed by atoms with Crippen LogP contribution in [0.3, 0.4) is 0 Å². The van der Waals surface area contributed by atoms with E-state index in [1.54, 1.807) is 0 Å². The average molecular weight is 302 g/mol. The number of nitrogens with one attached hydrogen (secondary N) is 2. The molecule has 4 heteroatoms. The smallest absolute Gasteiger partial charge is 0.106 e. The largest absolute Gasteiger partial charge is 0.349 e. The molecule has 0 radical (unpaired) electrons. The number of H-pyrrole nitrogens is 2. The number of aromatic nitrogens is 4. The number of rotatable bonds is 9. The molecule has 2 N–H and O–H groups in total. The van der Waals surface area contributed by atoms with Gasteiger partial charge in [-0.05, 0) is 30.1 Å². The third-order valence-electron chi connectivity index (χ3n) is 4.57. The lowest BCUT2D eigenvalue weighted by molar-refractivity contribution is 0.220. The Hall–Kier alpha value is -1.58. The lowest BCUT2D eigenvalue weighted by Gasteiger charge is -2.30. The molecule has 4 nitrogen and oxygen atoms in total. The van der Waals surface area contributed by atoms with Crippen LogP contribution in [-0.4, -0.2) is 19.9 Å². The summed E-state index contributed by atoms with van der Waals surface area (Å²) in [6.07, 6.45) is 12.1. The molecule has 0 aromatic carbocycles. The van der Waals surface area contributed by atoms with Gasteiger partial charge in [-0.3, -0.25) is 0 Å². The molecule has 122 valence electrons. The molecule has 2 atom stereocenters. The Labute approximate surface area is 134 Å². The van der Waals surface area contributed by atoms with Gasteiger partial charge in [0.1, 0.15) is 11.6 Å². The van der Waals surface area contributed by atoms with Crippen LogP contribution in [0, 0.1) is 23.7 Å². The molecule has 0 fully saturated rings. The minimum Gasteiger partial charge on any atom is -0.349 e. The zero-order valence-electron chi connectivity index (χ0n) is 14.3. The Morgan fingerprint density at radius 1 is 0.864 bits per heavy atom. The molecular weight excluding hydrogens is 272 g/mol. The predicted octanol–water partition coefficient (Wildman–Crippen LogP) is 4.24. The first kappa shape index (κ1) is 16.8. The van der Waals surface area contributed by atoms with E-state index in [9.17, 15) is 0 Å². The van der Waals surface area contributed by atoms with Crippen molar-refractivity contribution in [2.45, 2.75) is 53.4 Å². The second kappa shape index (κ2) is 8.16. The maximum atomic E-state index is 4.44. The second-order valence-corrected chi connectivity index (χ2v) is 7.12. The van der Waals surface area contributed by atoms with Crippen molar-refractivity contribution in [2.75, 3.05) is 0 Å². The molecule has 0 aliphatic heterocycles. The van der Waals surface area contributed by atoms with E-state index in [0.29, 0.717) is 17.8 Å². The van der Waals surface area contributed by atoms with Crippen molar-refractivity contribution < 1.29 is 0 Å². The first-order chi connectivity index (χ1) is 10.6. The van der Waals surface area contributed by atoms with Crippen molar-refractivity contribution in [2.24, 2.45) is 23.7 Å². The highest BCUT2D eigenvalue weighted by molar-refractivity contribution is 4.95. The van der Waals surface area contributed by atoms with Gasteiger partial charge in [-0.15, -0.1) is 0 Å². The maximum Gasteiger partial charge on any atom is 0.106 e. The van der Waals surface area contributed by atoms with Crippen LogP contribution < -0.4 is 0 Å². The van der Waals surface area contributed by atoms with Gasteiger partial charge < -0.3 is 9.97 Å². The number of aromatic amines is 2. The number of nitrogens with zero attached hydrogens (tertiary/aromatic N) is 2. The van der Waals surface area contributed by atoms with Gasteiger partial charge in [0.05, 0.1) is 0 Å². The molecular formula is C18H30N4. The summed E-state index contributed by atoms with van der Waals surface area (Å²) in [4.78, 5) is 15.4. The van der Waals surface area contributed by atoms with Gasteiger partial charge in [0.15, 0.2) is 0 Å². The molecule has 0 aliphatic carbocycles. The molecule has 0 aliphatic rings. The minimum absolute atomic E-state index is 0.620. The zero-order chi connectivity index (χ0) is 15.9. The van der Waals surface area contributed by atoms with Crippen molar-refractivity contribution in [3.63, 3.8) is 0 Å². The van der Waals surface area contributed by atoms with E-state index in [0.717, 1.165) is 30.4 Å². The molecule has 0 amide bonds. The molecule has 0 saturated carbocycles. The van der Waals surface area contributed by atoms with E-state index in [1.807, 2.05) is 24.8 Å². The van der Waals surface area contributed by atoms with Gasteiger partial charge in [-0.2, -0.15) is 0 Å². The molecule has 2 rings (SSSR count). The summed E-state index contributed by atoms with van der Waals surface area (Å²) in [6.45, 7) is 9.28. The van der Waals surface area contributed by atoms with Crippen LogP contribution in [0.15, 0.2) is 24.8 Å². The molecule has 2 heterocycles. The molecule has 0 spiro atoms. The Balaban J connectivity index is 2.10. The van der Waals surface area contributed by atoms with Crippen LogP contribution in [0.2, 0.25) is 0 Å². The number of hydrogen-bond donors (Lipinski definition) is 2. The maximum absolute atomic E-state index is 4.44. The van der Waals surface area contributed by atoms with Gasteiger partial charge in [-0.25, -0.2) is 9.97 Å². The Bertz CT molecular complexity index is 499. The van der Waals surface area contributed by atoms with E-state index in [2.05, 4.69) is 47.6 Å². The van der Waals surface area contributed by atoms with E-state index < -0.39 is 0 Å². The number of imidazole rings is 2. The van der Waals surface area contributed by atoms with Crippen molar-refractivity contribution >= 4 is 0 Å². The van der Waals surface area contributed by atoms with Crippen molar-refractivity contribution in [3.05, 3.63) is 36.4 Å². The summed E-state index contributed by atoms with van der Waals surface area (Å²) in [5.74, 6) is 4.85. The monoisotopic (exact) mass is 302 g/mol. The molecule has 2 unspecified atom stereocenters. The SMILES string of the molecule is CC(C)CCC(Cc1ncc[nH]1)C(Cc1ncc[nH]1)C(C)C. The van der Waals surface area contributed by atoms with Gasteiger partial charge >= 0.3 is 0 Å². The summed E-state index contributed by atoms with van der Waals surface area (Å²) >= 11 is 0. The van der Waals surface area contributed by atoms with E-state index in [-0.39, 0.29) is 0 Å². The standard InChI is InChI=1S/C18H30N4/c1-13(2)5-6-15(11-17-19-7-8-20-17)16(14(3)4)12-18-21-9-10-22-18/h7-10,13-16H,5-6,11-12H2,1-4H3,(H,19,20)(H,21,22). The molecule has 2 aromatic rings. The highest BCUT2D eigenvalue weighted by atomic mass is 14.9. The normalized spacial score (nSPS) is 14.6. The summed E-state index contributed by atoms with van der Waals surface area (Å²) in [5, 5.41) is 0. The van der Waals surface area contributed by atoms with Crippen LogP contribution >= 0.6 is 0 Å². The zero-order valence-corrected chi connectivity index (χ0v) is 14.3. The van der Waals surface area contributed by atoms with Crippen LogP contribution in [0.4, 0.5) is 0 Å². The third kappa shape index (κ3) is 5.00. The Kier molecular flexibility index (Phi) is 6.22. The second-order valence-electron chi connectivity index (χ2n) is 7.12. The van der Waals surface area contributed by atoms with Gasteiger partial charge in [0, 0.05) is 37.6 Å². The fourth-order valence-electron chi connectivity index (χ4n) is 3.25. The predicted molar refractivity (Wildman–Crippen MR) is 90.5 cm³/mol. The fraction of sp³-hybridized carbons (Fsp3) is 0.667. The van der Waals surface area contributed by atoms with Crippen molar-refractivity contribution in [3.8, 4) is 0 Å². The van der Waals surface area contributed by atoms with E-state index in [4.69, 9.17) is 0 Å². The summed E-state index contributed by atoms with van der Waals surface area (Å²) in [6, 6.07) is 0. The quantitative estimate of drug-likeness (QED) is 0.728. The summed E-state index contributed by atoms with van der Waals surface area (Å²) in [7, 11) is 0. The van der Waals surface area contributed by atoms with Crippen LogP contribution in [0.1, 0.15) is 52.2 Å². The molecule has 2 aromatic heterocycles. The lowest BCUT2D eigenvalue weighted by atomic mass is 9.76. The van der Waals surface area contributed by atoms with Gasteiger partial charge in [-0.1, -0.05) is 34.1 Å². The molecule has 0 saturated heterocycles. The van der Waals surface area contributed by atoms with Gasteiger partial charge in [0.2, 0.25) is 0 Å². The van der Waals surface area contributed by atoms with E-state index in [1.165, 1.54) is 12.8 Å². The fourth-order valence-corrected chi connectivity index (χ4v) is 3.25. The number of hydrogen-bond acceptors (Lipinski definition) is 2. The third-order valence-corrected chi connectivity index (χ3v) is 4.57. The highest BCUT2D eigenvalue weighted by Crippen LogP contribution is 2.31. The first-order valence-electron chi connectivity index (χ1n) is 8.52. The molecule has 22 heavy (non-hydrogen) atoms. The van der Waals surface area contributed by atoms with Gasteiger partial charge in [0.25, 0.3) is 0 Å². The lowest BCUT2D eigenvalue weighted by Crippen LogP contribution is -2.26. The van der Waals surface area contributed by atoms with Crippen molar-refractivity contribution in [1.82, 2.24) is 19.9 Å².